The Labute approximate surface area is 203 Å². The highest BCUT2D eigenvalue weighted by Gasteiger charge is 2.15. The van der Waals surface area contributed by atoms with Crippen LogP contribution in [-0.4, -0.2) is 19.3 Å². The molecule has 0 amide bonds. The Hall–Kier alpha value is -2.51. The summed E-state index contributed by atoms with van der Waals surface area (Å²) in [4.78, 5) is 5.96. The van der Waals surface area contributed by atoms with Gasteiger partial charge in [0.2, 0.25) is 0 Å². The number of aromatic nitrogens is 4. The van der Waals surface area contributed by atoms with E-state index in [0.717, 1.165) is 47.2 Å². The van der Waals surface area contributed by atoms with Crippen LogP contribution in [-0.2, 0) is 19.5 Å². The first-order valence-corrected chi connectivity index (χ1v) is 11.9. The molecule has 7 heteroatoms. The van der Waals surface area contributed by atoms with Crippen molar-refractivity contribution in [3.8, 4) is 22.6 Å². The number of halogens is 1. The lowest BCUT2D eigenvalue weighted by Crippen LogP contribution is -2.14. The molecule has 0 aliphatic carbocycles. The van der Waals surface area contributed by atoms with Crippen LogP contribution < -0.4 is 4.80 Å². The van der Waals surface area contributed by atoms with Gasteiger partial charge in [0.25, 0.3) is 0 Å². The average Bonchev–Trinajstić information content (AvgIpc) is 3.31. The van der Waals surface area contributed by atoms with Gasteiger partial charge in [0, 0.05) is 30.5 Å². The number of hydrogen-bond acceptors (Lipinski definition) is 4. The molecule has 0 fully saturated rings. The molecule has 2 aromatic carbocycles. The molecule has 5 nitrogen and oxygen atoms in total. The zero-order valence-electron chi connectivity index (χ0n) is 18.5. The van der Waals surface area contributed by atoms with Gasteiger partial charge < -0.3 is 9.13 Å². The molecule has 32 heavy (non-hydrogen) atoms. The van der Waals surface area contributed by atoms with Crippen LogP contribution in [0.25, 0.3) is 22.6 Å². The third-order valence-electron chi connectivity index (χ3n) is 5.92. The summed E-state index contributed by atoms with van der Waals surface area (Å²) < 4.78 is 4.57. The van der Waals surface area contributed by atoms with Gasteiger partial charge in [-0.2, -0.15) is 0 Å². The van der Waals surface area contributed by atoms with Crippen LogP contribution in [0.1, 0.15) is 37.6 Å². The third-order valence-corrected chi connectivity index (χ3v) is 6.78. The van der Waals surface area contributed by atoms with Gasteiger partial charge in [-0.05, 0) is 56.5 Å². The predicted octanol–water partition coefficient (Wildman–Crippen LogP) is 6.34. The van der Waals surface area contributed by atoms with Gasteiger partial charge in [0.1, 0.15) is 5.82 Å². The molecule has 166 valence electrons. The van der Waals surface area contributed by atoms with Crippen molar-refractivity contribution >= 4 is 34.0 Å². The molecule has 1 aliphatic rings. The Morgan fingerprint density at radius 3 is 2.44 bits per heavy atom. The minimum absolute atomic E-state index is 0. The Bertz CT molecular complexity index is 1250. The number of thiazole rings is 1. The Morgan fingerprint density at radius 2 is 1.69 bits per heavy atom. The van der Waals surface area contributed by atoms with Crippen LogP contribution in [0.15, 0.2) is 58.9 Å². The van der Waals surface area contributed by atoms with E-state index in [-0.39, 0.29) is 17.0 Å². The van der Waals surface area contributed by atoms with E-state index in [2.05, 4.69) is 87.1 Å². The molecule has 3 heterocycles. The van der Waals surface area contributed by atoms with Crippen LogP contribution in [0.5, 0.6) is 0 Å². The van der Waals surface area contributed by atoms with Gasteiger partial charge in [-0.1, -0.05) is 36.2 Å². The summed E-state index contributed by atoms with van der Waals surface area (Å²) in [7, 11) is 0. The normalized spacial score (nSPS) is 14.0. The number of aryl methyl sites for hydroxylation is 2. The fraction of sp³-hybridized carbons (Fsp3) is 0.320. The lowest BCUT2D eigenvalue weighted by Gasteiger charge is -2.07. The SMILES string of the molecule is Br.CCn1c(-c2ccc(C)cc2)csc1=Nc1ccc(-c2nnc3n2CCCCC3)cc1. The van der Waals surface area contributed by atoms with Crippen LogP contribution in [0.3, 0.4) is 0 Å². The summed E-state index contributed by atoms with van der Waals surface area (Å²) in [5.41, 5.74) is 5.78. The van der Waals surface area contributed by atoms with Crippen molar-refractivity contribution < 1.29 is 0 Å². The zero-order valence-corrected chi connectivity index (χ0v) is 21.0. The number of fused-ring (bicyclic) bond motifs is 1. The van der Waals surface area contributed by atoms with E-state index in [1.807, 2.05) is 0 Å². The quantitative estimate of drug-likeness (QED) is 0.322. The molecule has 0 spiro atoms. The lowest BCUT2D eigenvalue weighted by molar-refractivity contribution is 0.636. The second-order valence-electron chi connectivity index (χ2n) is 8.07. The van der Waals surface area contributed by atoms with Gasteiger partial charge >= 0.3 is 0 Å². The van der Waals surface area contributed by atoms with E-state index >= 15 is 0 Å². The maximum Gasteiger partial charge on any atom is 0.190 e. The highest BCUT2D eigenvalue weighted by Crippen LogP contribution is 2.25. The number of rotatable bonds is 4. The summed E-state index contributed by atoms with van der Waals surface area (Å²) in [6.07, 6.45) is 4.70. The van der Waals surface area contributed by atoms with Crippen molar-refractivity contribution in [1.29, 1.82) is 0 Å². The number of nitrogens with zero attached hydrogens (tertiary/aromatic N) is 5. The van der Waals surface area contributed by atoms with Crippen LogP contribution >= 0.6 is 28.3 Å². The first-order valence-electron chi connectivity index (χ1n) is 11.1. The maximum absolute atomic E-state index is 4.94. The van der Waals surface area contributed by atoms with Gasteiger partial charge in [0.15, 0.2) is 10.6 Å². The molecule has 0 unspecified atom stereocenters. The molecule has 1 aliphatic heterocycles. The maximum atomic E-state index is 4.94. The van der Waals surface area contributed by atoms with E-state index < -0.39 is 0 Å². The van der Waals surface area contributed by atoms with Crippen molar-refractivity contribution in [1.82, 2.24) is 19.3 Å². The predicted molar refractivity (Wildman–Crippen MR) is 137 cm³/mol. The van der Waals surface area contributed by atoms with Gasteiger partial charge in [-0.25, -0.2) is 4.99 Å². The molecule has 0 bridgehead atoms. The molecule has 0 saturated heterocycles. The van der Waals surface area contributed by atoms with Crippen molar-refractivity contribution in [3.05, 3.63) is 70.1 Å². The highest BCUT2D eigenvalue weighted by atomic mass is 79.9. The standard InChI is InChI=1S/C25H27N5S.BrH/c1-3-29-22(19-10-8-18(2)9-11-19)17-31-25(29)26-21-14-12-20(13-15-21)24-28-27-23-7-5-4-6-16-30(23)24;/h8-15,17H,3-7,16H2,1-2H3;1H. The molecule has 0 radical (unpaired) electrons. The third kappa shape index (κ3) is 4.50. The molecular formula is C25H28BrN5S. The van der Waals surface area contributed by atoms with E-state index in [1.165, 1.54) is 36.1 Å². The fourth-order valence-electron chi connectivity index (χ4n) is 4.17. The second kappa shape index (κ2) is 9.96. The Morgan fingerprint density at radius 1 is 0.938 bits per heavy atom. The summed E-state index contributed by atoms with van der Waals surface area (Å²) in [5.74, 6) is 2.09. The first kappa shape index (κ1) is 22.7. The second-order valence-corrected chi connectivity index (χ2v) is 8.91. The minimum Gasteiger partial charge on any atom is -0.317 e. The topological polar surface area (TPSA) is 48.0 Å². The summed E-state index contributed by atoms with van der Waals surface area (Å²) in [5, 5.41) is 11.1. The van der Waals surface area contributed by atoms with Crippen LogP contribution in [0, 0.1) is 6.92 Å². The summed E-state index contributed by atoms with van der Waals surface area (Å²) >= 11 is 1.69. The smallest absolute Gasteiger partial charge is 0.190 e. The number of hydrogen-bond donors (Lipinski definition) is 0. The lowest BCUT2D eigenvalue weighted by atomic mass is 10.1. The number of benzene rings is 2. The molecule has 0 N–H and O–H groups in total. The van der Waals surface area contributed by atoms with E-state index in [1.54, 1.807) is 11.3 Å². The van der Waals surface area contributed by atoms with Gasteiger partial charge in [-0.3, -0.25) is 0 Å². The molecular weight excluding hydrogens is 482 g/mol. The fourth-order valence-corrected chi connectivity index (χ4v) is 5.17. The summed E-state index contributed by atoms with van der Waals surface area (Å²) in [6.45, 7) is 6.18. The first-order chi connectivity index (χ1) is 15.2. The molecule has 2 aromatic heterocycles. The monoisotopic (exact) mass is 509 g/mol. The van der Waals surface area contributed by atoms with Crippen molar-refractivity contribution in [2.45, 2.75) is 52.6 Å². The highest BCUT2D eigenvalue weighted by molar-refractivity contribution is 8.93. The molecule has 5 rings (SSSR count). The zero-order chi connectivity index (χ0) is 21.2. The van der Waals surface area contributed by atoms with E-state index in [4.69, 9.17) is 4.99 Å². The molecule has 0 atom stereocenters. The molecule has 0 saturated carbocycles. The van der Waals surface area contributed by atoms with Crippen molar-refractivity contribution in [2.75, 3.05) is 0 Å². The largest absolute Gasteiger partial charge is 0.317 e. The van der Waals surface area contributed by atoms with E-state index in [9.17, 15) is 0 Å². The average molecular weight is 511 g/mol. The summed E-state index contributed by atoms with van der Waals surface area (Å²) in [6, 6.07) is 17.1. The van der Waals surface area contributed by atoms with Gasteiger partial charge in [0.05, 0.1) is 11.4 Å². The van der Waals surface area contributed by atoms with Crippen LogP contribution in [0.2, 0.25) is 0 Å². The van der Waals surface area contributed by atoms with Gasteiger partial charge in [-0.15, -0.1) is 38.5 Å². The van der Waals surface area contributed by atoms with Crippen LogP contribution in [0.4, 0.5) is 5.69 Å². The minimum atomic E-state index is 0. The van der Waals surface area contributed by atoms with Crippen molar-refractivity contribution in [2.24, 2.45) is 4.99 Å². The van der Waals surface area contributed by atoms with E-state index in [0.29, 0.717) is 0 Å². The Kier molecular flexibility index (Phi) is 7.06. The van der Waals surface area contributed by atoms with Crippen molar-refractivity contribution in [3.63, 3.8) is 0 Å². The Balaban J connectivity index is 0.00000245. The molecule has 4 aromatic rings.